The normalized spacial score (nSPS) is 11.4. The van der Waals surface area contributed by atoms with E-state index in [0.29, 0.717) is 6.54 Å². The first kappa shape index (κ1) is 27.8. The molecule has 0 aliphatic heterocycles. The van der Waals surface area contributed by atoms with Crippen molar-refractivity contribution < 1.29 is 23.8 Å². The zero-order chi connectivity index (χ0) is 26.9. The van der Waals surface area contributed by atoms with E-state index in [0.717, 1.165) is 38.4 Å². The number of aryl methyl sites for hydroxylation is 1. The van der Waals surface area contributed by atoms with Crippen LogP contribution in [-0.2, 0) is 19.1 Å². The number of carbonyl (C=O) groups is 2. The molecule has 3 aromatic carbocycles. The number of ether oxygens (including phenoxy) is 3. The number of anilines is 2. The molecule has 0 bridgehead atoms. The van der Waals surface area contributed by atoms with Crippen LogP contribution in [0.3, 0.4) is 0 Å². The summed E-state index contributed by atoms with van der Waals surface area (Å²) in [5.74, 6) is 2.85. The highest BCUT2D eigenvalue weighted by Crippen LogP contribution is 2.39. The molecule has 0 saturated heterocycles. The number of rotatable bonds is 11. The van der Waals surface area contributed by atoms with Gasteiger partial charge in [0.2, 0.25) is 0 Å². The smallest absolute Gasteiger partial charge is 0.326 e. The molecule has 0 amide bonds. The van der Waals surface area contributed by atoms with Crippen molar-refractivity contribution in [3.8, 4) is 18.1 Å². The second kappa shape index (κ2) is 12.9. The van der Waals surface area contributed by atoms with Gasteiger partial charge in [-0.3, -0.25) is 9.59 Å². The largest absolute Gasteiger partial charge is 0.496 e. The molecule has 0 saturated carbocycles. The zero-order valence-corrected chi connectivity index (χ0v) is 22.6. The van der Waals surface area contributed by atoms with E-state index in [1.54, 1.807) is 7.11 Å². The van der Waals surface area contributed by atoms with Crippen LogP contribution in [0.25, 0.3) is 10.8 Å². The highest BCUT2D eigenvalue weighted by Gasteiger charge is 2.23. The summed E-state index contributed by atoms with van der Waals surface area (Å²) in [6.07, 6.45) is 5.90. The predicted octanol–water partition coefficient (Wildman–Crippen LogP) is 5.23. The molecule has 0 spiro atoms. The number of hydrogen-bond donors (Lipinski definition) is 0. The molecule has 37 heavy (non-hydrogen) atoms. The van der Waals surface area contributed by atoms with Crippen LogP contribution in [0.5, 0.6) is 5.75 Å². The van der Waals surface area contributed by atoms with Crippen molar-refractivity contribution in [1.82, 2.24) is 0 Å². The second-order valence-electron chi connectivity index (χ2n) is 8.45. The SMILES string of the molecule is C#CCN(c1ccc(N(CC(=O)OC)Sc2ccc(OC)c(C)c2)c2ccccc12)[C@@H](C)CC(=O)OC. The van der Waals surface area contributed by atoms with E-state index in [1.807, 2.05) is 77.6 Å². The first-order valence-corrected chi connectivity index (χ1v) is 12.6. The summed E-state index contributed by atoms with van der Waals surface area (Å²) in [7, 11) is 4.40. The first-order valence-electron chi connectivity index (χ1n) is 11.8. The van der Waals surface area contributed by atoms with Gasteiger partial charge in [-0.2, -0.15) is 0 Å². The molecule has 0 heterocycles. The highest BCUT2D eigenvalue weighted by molar-refractivity contribution is 8.00. The van der Waals surface area contributed by atoms with Gasteiger partial charge in [-0.25, -0.2) is 0 Å². The molecule has 0 aliphatic carbocycles. The molecule has 0 aromatic heterocycles. The van der Waals surface area contributed by atoms with E-state index in [2.05, 4.69) is 5.92 Å². The number of methoxy groups -OCH3 is 3. The Morgan fingerprint density at radius 3 is 2.22 bits per heavy atom. The van der Waals surface area contributed by atoms with Crippen LogP contribution in [0.2, 0.25) is 0 Å². The number of hydrogen-bond acceptors (Lipinski definition) is 8. The van der Waals surface area contributed by atoms with E-state index >= 15 is 0 Å². The number of terminal acetylenes is 1. The van der Waals surface area contributed by atoms with Gasteiger partial charge in [-0.1, -0.05) is 30.2 Å². The topological polar surface area (TPSA) is 68.3 Å². The lowest BCUT2D eigenvalue weighted by molar-refractivity contribution is -0.141. The average Bonchev–Trinajstić information content (AvgIpc) is 2.90. The molecule has 0 N–H and O–H groups in total. The molecule has 7 nitrogen and oxygen atoms in total. The molecule has 1 atom stereocenters. The number of benzene rings is 3. The second-order valence-corrected chi connectivity index (χ2v) is 9.54. The molecule has 0 aliphatic rings. The monoisotopic (exact) mass is 520 g/mol. The third kappa shape index (κ3) is 6.69. The van der Waals surface area contributed by atoms with Gasteiger partial charge in [-0.05, 0) is 61.7 Å². The van der Waals surface area contributed by atoms with Crippen LogP contribution >= 0.6 is 11.9 Å². The van der Waals surface area contributed by atoms with Crippen LogP contribution in [0.1, 0.15) is 18.9 Å². The van der Waals surface area contributed by atoms with Gasteiger partial charge < -0.3 is 23.4 Å². The quantitative estimate of drug-likeness (QED) is 0.193. The molecular formula is C29H32N2O5S. The summed E-state index contributed by atoms with van der Waals surface area (Å²) < 4.78 is 17.2. The third-order valence-electron chi connectivity index (χ3n) is 6.02. The number of esters is 2. The van der Waals surface area contributed by atoms with Gasteiger partial charge in [0.05, 0.1) is 40.0 Å². The summed E-state index contributed by atoms with van der Waals surface area (Å²) >= 11 is 1.45. The van der Waals surface area contributed by atoms with Crippen molar-refractivity contribution in [2.45, 2.75) is 31.2 Å². The molecular weight excluding hydrogens is 488 g/mol. The van der Waals surface area contributed by atoms with E-state index < -0.39 is 0 Å². The van der Waals surface area contributed by atoms with E-state index in [-0.39, 0.29) is 30.9 Å². The van der Waals surface area contributed by atoms with Crippen LogP contribution in [-0.4, -0.2) is 52.4 Å². The fraction of sp³-hybridized carbons (Fsp3) is 0.310. The molecule has 0 fully saturated rings. The van der Waals surface area contributed by atoms with Crippen LogP contribution < -0.4 is 13.9 Å². The van der Waals surface area contributed by atoms with Crippen molar-refractivity contribution in [2.75, 3.05) is 43.6 Å². The molecule has 3 aromatic rings. The van der Waals surface area contributed by atoms with Crippen molar-refractivity contribution in [3.63, 3.8) is 0 Å². The summed E-state index contributed by atoms with van der Waals surface area (Å²) in [5.41, 5.74) is 2.75. The van der Waals surface area contributed by atoms with Crippen molar-refractivity contribution in [3.05, 3.63) is 60.2 Å². The number of fused-ring (bicyclic) bond motifs is 1. The summed E-state index contributed by atoms with van der Waals surface area (Å²) in [6, 6.07) is 17.6. The Hall–Kier alpha value is -3.83. The minimum Gasteiger partial charge on any atom is -0.496 e. The standard InChI is InChI=1S/C29H32N2O5S/c1-7-16-30(21(3)18-28(32)35-5)25-13-14-26(24-11-9-8-10-23(24)25)31(19-29(33)36-6)37-22-12-15-27(34-4)20(2)17-22/h1,8-15,17,21H,16,18-19H2,2-6H3/t21-/m0/s1. The maximum absolute atomic E-state index is 12.4. The summed E-state index contributed by atoms with van der Waals surface area (Å²) in [4.78, 5) is 27.4. The minimum atomic E-state index is -0.355. The molecule has 0 radical (unpaired) electrons. The Balaban J connectivity index is 2.09. The van der Waals surface area contributed by atoms with Gasteiger partial charge in [0.1, 0.15) is 12.3 Å². The molecule has 3 rings (SSSR count). The van der Waals surface area contributed by atoms with Crippen LogP contribution in [0.4, 0.5) is 11.4 Å². The Bertz CT molecular complexity index is 1300. The van der Waals surface area contributed by atoms with Crippen LogP contribution in [0, 0.1) is 19.3 Å². The van der Waals surface area contributed by atoms with Crippen molar-refractivity contribution >= 4 is 46.0 Å². The predicted molar refractivity (Wildman–Crippen MR) is 149 cm³/mol. The maximum Gasteiger partial charge on any atom is 0.326 e. The van der Waals surface area contributed by atoms with Crippen molar-refractivity contribution in [2.24, 2.45) is 0 Å². The fourth-order valence-corrected chi connectivity index (χ4v) is 5.17. The number of carbonyl (C=O) groups excluding carboxylic acids is 2. The van der Waals surface area contributed by atoms with Gasteiger partial charge >= 0.3 is 11.9 Å². The lowest BCUT2D eigenvalue weighted by atomic mass is 10.0. The summed E-state index contributed by atoms with van der Waals surface area (Å²) in [5, 5.41) is 1.89. The highest BCUT2D eigenvalue weighted by atomic mass is 32.2. The average molecular weight is 521 g/mol. The van der Waals surface area contributed by atoms with E-state index in [9.17, 15) is 9.59 Å². The van der Waals surface area contributed by atoms with Crippen LogP contribution in [0.15, 0.2) is 59.5 Å². The van der Waals surface area contributed by atoms with E-state index in [4.69, 9.17) is 20.6 Å². The maximum atomic E-state index is 12.4. The van der Waals surface area contributed by atoms with Gasteiger partial charge in [0, 0.05) is 27.4 Å². The fourth-order valence-electron chi connectivity index (χ4n) is 4.13. The van der Waals surface area contributed by atoms with Crippen molar-refractivity contribution in [1.29, 1.82) is 0 Å². The zero-order valence-electron chi connectivity index (χ0n) is 21.8. The van der Waals surface area contributed by atoms with Gasteiger partial charge in [0.15, 0.2) is 0 Å². The van der Waals surface area contributed by atoms with Gasteiger partial charge in [-0.15, -0.1) is 6.42 Å². The lowest BCUT2D eigenvalue weighted by Gasteiger charge is -2.31. The Morgan fingerprint density at radius 1 is 0.973 bits per heavy atom. The molecule has 0 unspecified atom stereocenters. The third-order valence-corrected chi connectivity index (χ3v) is 7.03. The summed E-state index contributed by atoms with van der Waals surface area (Å²) in [6.45, 7) is 4.30. The molecule has 194 valence electrons. The Kier molecular flexibility index (Phi) is 9.70. The Labute approximate surface area is 222 Å². The molecule has 8 heteroatoms. The van der Waals surface area contributed by atoms with E-state index in [1.165, 1.54) is 26.2 Å². The Morgan fingerprint density at radius 2 is 1.62 bits per heavy atom. The minimum absolute atomic E-state index is 0.0440. The lowest BCUT2D eigenvalue weighted by Crippen LogP contribution is -2.35. The van der Waals surface area contributed by atoms with Gasteiger partial charge in [0.25, 0.3) is 0 Å². The number of nitrogens with zero attached hydrogens (tertiary/aromatic N) is 2. The first-order chi connectivity index (χ1) is 17.8.